The van der Waals surface area contributed by atoms with E-state index in [1.165, 1.54) is 6.26 Å². The molecule has 2 atom stereocenters. The van der Waals surface area contributed by atoms with E-state index in [-0.39, 0.29) is 5.82 Å². The Morgan fingerprint density at radius 1 is 1.13 bits per heavy atom. The van der Waals surface area contributed by atoms with Crippen LogP contribution in [0.5, 0.6) is 0 Å². The second-order valence-corrected chi connectivity index (χ2v) is 7.84. The van der Waals surface area contributed by atoms with Gasteiger partial charge in [-0.05, 0) is 37.6 Å². The van der Waals surface area contributed by atoms with Gasteiger partial charge < -0.3 is 0 Å². The molecule has 0 saturated heterocycles. The molecule has 2 heterocycles. The van der Waals surface area contributed by atoms with Crippen molar-refractivity contribution < 1.29 is 17.4 Å². The normalized spacial score (nSPS) is 15.7. The molecule has 2 aromatic rings. The highest BCUT2D eigenvalue weighted by Gasteiger charge is 2.30. The summed E-state index contributed by atoms with van der Waals surface area (Å²) in [6.07, 6.45) is -0.692. The summed E-state index contributed by atoms with van der Waals surface area (Å²) in [7, 11) is -2.74. The van der Waals surface area contributed by atoms with Crippen LogP contribution in [-0.2, 0) is 15.9 Å². The summed E-state index contributed by atoms with van der Waals surface area (Å²) in [6.45, 7) is 3.58. The Morgan fingerprint density at radius 3 is 2.30 bits per heavy atom. The summed E-state index contributed by atoms with van der Waals surface area (Å²) < 4.78 is 54.3. The molecule has 0 aliphatic heterocycles. The second kappa shape index (κ2) is 6.27. The number of hydrogen-bond acceptors (Lipinski definition) is 4. The van der Waals surface area contributed by atoms with Crippen molar-refractivity contribution in [1.29, 1.82) is 0 Å². The van der Waals surface area contributed by atoms with Gasteiger partial charge in [-0.2, -0.15) is 17.5 Å². The van der Waals surface area contributed by atoms with Gasteiger partial charge in [0.1, 0.15) is 0 Å². The Balaban J connectivity index is 2.32. The van der Waals surface area contributed by atoms with Crippen LogP contribution in [0.4, 0.5) is 19.0 Å². The van der Waals surface area contributed by atoms with Gasteiger partial charge in [0.15, 0.2) is 5.82 Å². The lowest BCUT2D eigenvalue weighted by Gasteiger charge is -2.14. The molecule has 0 spiro atoms. The number of halogens is 3. The maximum Gasteiger partial charge on any atom is 0.417 e. The number of rotatable bonds is 3. The van der Waals surface area contributed by atoms with E-state index in [9.17, 15) is 17.4 Å². The fraction of sp³-hybridized carbons (Fsp3) is 0.333. The molecule has 8 heteroatoms. The maximum atomic E-state index is 12.8. The molecule has 0 aliphatic carbocycles. The zero-order chi connectivity index (χ0) is 17.3. The van der Waals surface area contributed by atoms with Crippen molar-refractivity contribution in [1.82, 2.24) is 9.97 Å². The Bertz CT molecular complexity index is 792. The molecule has 0 aliphatic rings. The molecular weight excluding hydrogens is 327 g/mol. The van der Waals surface area contributed by atoms with Crippen molar-refractivity contribution in [2.24, 2.45) is 4.36 Å². The monoisotopic (exact) mass is 343 g/mol. The molecule has 2 rings (SSSR count). The average Bonchev–Trinajstić information content (AvgIpc) is 2.46. The minimum Gasteiger partial charge on any atom is -0.261 e. The average molecular weight is 343 g/mol. The van der Waals surface area contributed by atoms with E-state index < -0.39 is 26.7 Å². The minimum absolute atomic E-state index is 0.0115. The predicted molar refractivity (Wildman–Crippen MR) is 82.8 cm³/mol. The van der Waals surface area contributed by atoms with E-state index >= 15 is 0 Å². The Labute approximate surface area is 133 Å². The van der Waals surface area contributed by atoms with E-state index in [1.54, 1.807) is 19.2 Å². The molecule has 23 heavy (non-hydrogen) atoms. The smallest absolute Gasteiger partial charge is 0.261 e. The van der Waals surface area contributed by atoms with Crippen LogP contribution in [0.15, 0.2) is 41.0 Å². The predicted octanol–water partition coefficient (Wildman–Crippen LogP) is 4.29. The van der Waals surface area contributed by atoms with E-state index in [0.29, 0.717) is 6.20 Å². The molecule has 0 amide bonds. The molecule has 0 saturated carbocycles. The number of nitrogens with zero attached hydrogens (tertiary/aromatic N) is 3. The topological polar surface area (TPSA) is 55.2 Å². The number of aryl methyl sites for hydroxylation is 1. The molecule has 0 aromatic carbocycles. The SMILES string of the molecule is Cc1ccc(C(C)S(C)(=O)=Nc2ccc(C(F)(F)F)cn2)cn1. The van der Waals surface area contributed by atoms with E-state index in [4.69, 9.17) is 0 Å². The lowest BCUT2D eigenvalue weighted by Crippen LogP contribution is -2.08. The molecule has 2 unspecified atom stereocenters. The first kappa shape index (κ1) is 17.4. The molecular formula is C15H16F3N3OS. The largest absolute Gasteiger partial charge is 0.417 e. The quantitative estimate of drug-likeness (QED) is 0.835. The summed E-state index contributed by atoms with van der Waals surface area (Å²) in [6, 6.07) is 5.61. The van der Waals surface area contributed by atoms with Crippen LogP contribution in [0.1, 0.15) is 29.0 Å². The van der Waals surface area contributed by atoms with Crippen molar-refractivity contribution in [3.63, 3.8) is 0 Å². The van der Waals surface area contributed by atoms with Gasteiger partial charge in [0.25, 0.3) is 0 Å². The van der Waals surface area contributed by atoms with Crippen LogP contribution >= 0.6 is 0 Å². The van der Waals surface area contributed by atoms with Crippen LogP contribution in [0, 0.1) is 6.92 Å². The molecule has 124 valence electrons. The molecule has 0 radical (unpaired) electrons. The summed E-state index contributed by atoms with van der Waals surface area (Å²) in [5.74, 6) is 0.0115. The van der Waals surface area contributed by atoms with Crippen molar-refractivity contribution in [3.05, 3.63) is 53.5 Å². The van der Waals surface area contributed by atoms with Crippen molar-refractivity contribution in [3.8, 4) is 0 Å². The van der Waals surface area contributed by atoms with E-state index in [1.807, 2.05) is 13.0 Å². The van der Waals surface area contributed by atoms with E-state index in [2.05, 4.69) is 14.3 Å². The zero-order valence-electron chi connectivity index (χ0n) is 12.8. The zero-order valence-corrected chi connectivity index (χ0v) is 13.6. The standard InChI is InChI=1S/C15H16F3N3OS/c1-10-4-5-12(8-19-10)11(2)23(3,22)21-14-7-6-13(9-20-14)15(16,17)18/h4-9,11H,1-3H3. The lowest BCUT2D eigenvalue weighted by molar-refractivity contribution is -0.137. The molecule has 0 bridgehead atoms. The molecule has 0 N–H and O–H groups in total. The number of aromatic nitrogens is 2. The summed E-state index contributed by atoms with van der Waals surface area (Å²) in [5, 5.41) is -0.431. The third-order valence-electron chi connectivity index (χ3n) is 3.41. The highest BCUT2D eigenvalue weighted by molar-refractivity contribution is 7.93. The second-order valence-electron chi connectivity index (χ2n) is 5.23. The third kappa shape index (κ3) is 4.28. The first-order chi connectivity index (χ1) is 10.6. The first-order valence-electron chi connectivity index (χ1n) is 6.76. The number of hydrogen-bond donors (Lipinski definition) is 0. The van der Waals surface area contributed by atoms with Gasteiger partial charge in [0.05, 0.1) is 20.5 Å². The summed E-state index contributed by atoms with van der Waals surface area (Å²) in [4.78, 5) is 7.79. The fourth-order valence-electron chi connectivity index (χ4n) is 1.84. The maximum absolute atomic E-state index is 12.8. The summed E-state index contributed by atoms with van der Waals surface area (Å²) >= 11 is 0. The molecule has 4 nitrogen and oxygen atoms in total. The lowest BCUT2D eigenvalue weighted by atomic mass is 10.2. The van der Waals surface area contributed by atoms with Gasteiger partial charge in [0.2, 0.25) is 0 Å². The minimum atomic E-state index is -4.46. The van der Waals surface area contributed by atoms with Crippen molar-refractivity contribution >= 4 is 15.5 Å². The highest BCUT2D eigenvalue weighted by Crippen LogP contribution is 2.30. The van der Waals surface area contributed by atoms with Crippen LogP contribution in [0.2, 0.25) is 0 Å². The van der Waals surface area contributed by atoms with Gasteiger partial charge in [-0.3, -0.25) is 4.98 Å². The van der Waals surface area contributed by atoms with Gasteiger partial charge >= 0.3 is 6.18 Å². The Hall–Kier alpha value is -1.96. The third-order valence-corrected chi connectivity index (χ3v) is 5.54. The molecule has 0 fully saturated rings. The van der Waals surface area contributed by atoms with Crippen LogP contribution in [0.3, 0.4) is 0 Å². The van der Waals surface area contributed by atoms with Gasteiger partial charge in [-0.25, -0.2) is 9.19 Å². The van der Waals surface area contributed by atoms with Gasteiger partial charge in [-0.15, -0.1) is 0 Å². The Kier molecular flexibility index (Phi) is 4.74. The molecule has 2 aromatic heterocycles. The van der Waals surface area contributed by atoms with Gasteiger partial charge in [0, 0.05) is 24.3 Å². The van der Waals surface area contributed by atoms with E-state index in [0.717, 1.165) is 23.4 Å². The number of pyridine rings is 2. The van der Waals surface area contributed by atoms with Crippen molar-refractivity contribution in [2.45, 2.75) is 25.3 Å². The van der Waals surface area contributed by atoms with Crippen LogP contribution < -0.4 is 0 Å². The van der Waals surface area contributed by atoms with Gasteiger partial charge in [-0.1, -0.05) is 6.07 Å². The van der Waals surface area contributed by atoms with Crippen molar-refractivity contribution in [2.75, 3.05) is 6.26 Å². The first-order valence-corrected chi connectivity index (χ1v) is 8.75. The Morgan fingerprint density at radius 2 is 1.83 bits per heavy atom. The highest BCUT2D eigenvalue weighted by atomic mass is 32.2. The number of alkyl halides is 3. The van der Waals surface area contributed by atoms with Crippen LogP contribution in [0.25, 0.3) is 0 Å². The van der Waals surface area contributed by atoms with Crippen LogP contribution in [-0.4, -0.2) is 20.4 Å². The summed E-state index contributed by atoms with van der Waals surface area (Å²) in [5.41, 5.74) is 0.721. The fourth-order valence-corrected chi connectivity index (χ4v) is 3.13.